The Morgan fingerprint density at radius 3 is 2.37 bits per heavy atom. The van der Waals surface area contributed by atoms with Crippen LogP contribution in [-0.4, -0.2) is 48.9 Å². The van der Waals surface area contributed by atoms with Crippen molar-refractivity contribution in [3.63, 3.8) is 0 Å². The van der Waals surface area contributed by atoms with Gasteiger partial charge in [0.05, 0.1) is 0 Å². The number of hydrogen-bond acceptors (Lipinski definition) is 2. The van der Waals surface area contributed by atoms with Gasteiger partial charge in [-0.05, 0) is 52.9 Å². The molecule has 0 N–H and O–H groups in total. The van der Waals surface area contributed by atoms with Gasteiger partial charge in [-0.25, -0.2) is 0 Å². The van der Waals surface area contributed by atoms with Crippen LogP contribution in [0.4, 0.5) is 0 Å². The highest BCUT2D eigenvalue weighted by molar-refractivity contribution is 5.96. The van der Waals surface area contributed by atoms with Crippen LogP contribution in [0.1, 0.15) is 26.7 Å². The third-order valence-corrected chi connectivity index (χ3v) is 3.66. The van der Waals surface area contributed by atoms with Crippen molar-refractivity contribution in [2.45, 2.75) is 32.7 Å². The van der Waals surface area contributed by atoms with Gasteiger partial charge in [0, 0.05) is 18.7 Å². The predicted molar refractivity (Wildman–Crippen MR) is 81.0 cm³/mol. The number of likely N-dealkylation sites (tertiary alicyclic amines) is 1. The quantitative estimate of drug-likeness (QED) is 0.574. The summed E-state index contributed by atoms with van der Waals surface area (Å²) in [6.07, 6.45) is 7.72. The highest BCUT2D eigenvalue weighted by Gasteiger charge is 2.24. The van der Waals surface area contributed by atoms with E-state index in [-0.39, 0.29) is 5.91 Å². The molecule has 1 aliphatic heterocycles. The lowest BCUT2D eigenvalue weighted by Crippen LogP contribution is -2.44. The van der Waals surface area contributed by atoms with Crippen molar-refractivity contribution in [2.75, 3.05) is 27.2 Å². The molecule has 0 saturated carbocycles. The Kier molecular flexibility index (Phi) is 6.03. The summed E-state index contributed by atoms with van der Waals surface area (Å²) in [6.45, 7) is 9.78. The Balaban J connectivity index is 2.67. The van der Waals surface area contributed by atoms with Crippen LogP contribution in [0.2, 0.25) is 0 Å². The molecule has 0 bridgehead atoms. The van der Waals surface area contributed by atoms with Crippen molar-refractivity contribution in [1.29, 1.82) is 0 Å². The Morgan fingerprint density at radius 1 is 1.32 bits per heavy atom. The first-order chi connectivity index (χ1) is 8.95. The molecule has 0 unspecified atom stereocenters. The second-order valence-electron chi connectivity index (χ2n) is 5.37. The molecule has 0 spiro atoms. The maximum atomic E-state index is 12.4. The minimum absolute atomic E-state index is 0.106. The fraction of sp³-hybridized carbons (Fsp3) is 0.562. The number of allylic oxidation sites excluding steroid dienone is 3. The molecule has 1 heterocycles. The van der Waals surface area contributed by atoms with Crippen molar-refractivity contribution in [2.24, 2.45) is 0 Å². The van der Waals surface area contributed by atoms with Gasteiger partial charge in [0.1, 0.15) is 0 Å². The fourth-order valence-corrected chi connectivity index (χ4v) is 2.27. The smallest absolute Gasteiger partial charge is 0.253 e. The summed E-state index contributed by atoms with van der Waals surface area (Å²) in [6, 6.07) is 0.358. The van der Waals surface area contributed by atoms with Crippen LogP contribution in [0.25, 0.3) is 0 Å². The SMILES string of the molecule is C=C(C)C=CC(=CC)C(=O)N(C)C1CCN(C)CC1. The summed E-state index contributed by atoms with van der Waals surface area (Å²) < 4.78 is 0. The third kappa shape index (κ3) is 4.67. The van der Waals surface area contributed by atoms with E-state index in [1.807, 2.05) is 44.0 Å². The molecule has 0 aromatic rings. The van der Waals surface area contributed by atoms with E-state index in [1.54, 1.807) is 0 Å². The molecule has 1 rings (SSSR count). The molecular weight excluding hydrogens is 236 g/mol. The van der Waals surface area contributed by atoms with E-state index in [0.717, 1.165) is 37.1 Å². The van der Waals surface area contributed by atoms with Crippen LogP contribution in [-0.2, 0) is 4.79 Å². The topological polar surface area (TPSA) is 23.6 Å². The standard InChI is InChI=1S/C16H26N2O/c1-6-14(8-7-13(2)3)16(19)18(5)15-9-11-17(4)12-10-15/h6-8,15H,2,9-12H2,1,3-5H3. The Bertz CT molecular complexity index is 388. The van der Waals surface area contributed by atoms with E-state index < -0.39 is 0 Å². The summed E-state index contributed by atoms with van der Waals surface area (Å²) in [4.78, 5) is 16.6. The monoisotopic (exact) mass is 262 g/mol. The normalized spacial score (nSPS) is 18.8. The number of carbonyl (C=O) groups is 1. The van der Waals surface area contributed by atoms with E-state index in [4.69, 9.17) is 0 Å². The molecule has 0 aromatic heterocycles. The van der Waals surface area contributed by atoms with E-state index >= 15 is 0 Å². The van der Waals surface area contributed by atoms with Gasteiger partial charge in [0.15, 0.2) is 0 Å². The van der Waals surface area contributed by atoms with Crippen molar-refractivity contribution >= 4 is 5.91 Å². The second-order valence-corrected chi connectivity index (χ2v) is 5.37. The van der Waals surface area contributed by atoms with Crippen LogP contribution in [0.15, 0.2) is 36.0 Å². The average Bonchev–Trinajstić information content (AvgIpc) is 2.39. The zero-order valence-electron chi connectivity index (χ0n) is 12.6. The number of carbonyl (C=O) groups excluding carboxylic acids is 1. The summed E-state index contributed by atoms with van der Waals surface area (Å²) in [5.41, 5.74) is 1.69. The van der Waals surface area contributed by atoms with E-state index in [2.05, 4.69) is 18.5 Å². The highest BCUT2D eigenvalue weighted by Crippen LogP contribution is 2.16. The molecular formula is C16H26N2O. The molecule has 1 saturated heterocycles. The van der Waals surface area contributed by atoms with Crippen molar-refractivity contribution in [1.82, 2.24) is 9.80 Å². The summed E-state index contributed by atoms with van der Waals surface area (Å²) in [7, 11) is 4.04. The molecule has 3 nitrogen and oxygen atoms in total. The van der Waals surface area contributed by atoms with E-state index in [1.165, 1.54) is 0 Å². The molecule has 0 aliphatic carbocycles. The number of piperidine rings is 1. The Labute approximate surface area is 117 Å². The summed E-state index contributed by atoms with van der Waals surface area (Å²) >= 11 is 0. The molecule has 1 amide bonds. The minimum Gasteiger partial charge on any atom is -0.339 e. The van der Waals surface area contributed by atoms with Crippen LogP contribution in [0.3, 0.4) is 0 Å². The molecule has 0 aromatic carbocycles. The first-order valence-electron chi connectivity index (χ1n) is 6.91. The van der Waals surface area contributed by atoms with E-state index in [9.17, 15) is 4.79 Å². The lowest BCUT2D eigenvalue weighted by atomic mass is 10.0. The summed E-state index contributed by atoms with van der Waals surface area (Å²) in [5, 5.41) is 0. The van der Waals surface area contributed by atoms with Gasteiger partial charge in [-0.15, -0.1) is 0 Å². The van der Waals surface area contributed by atoms with E-state index in [0.29, 0.717) is 6.04 Å². The van der Waals surface area contributed by atoms with Crippen molar-refractivity contribution in [3.8, 4) is 0 Å². The highest BCUT2D eigenvalue weighted by atomic mass is 16.2. The van der Waals surface area contributed by atoms with Gasteiger partial charge in [-0.1, -0.05) is 24.3 Å². The van der Waals surface area contributed by atoms with Crippen molar-refractivity contribution < 1.29 is 4.79 Å². The zero-order chi connectivity index (χ0) is 14.4. The molecule has 0 radical (unpaired) electrons. The second kappa shape index (κ2) is 7.29. The summed E-state index contributed by atoms with van der Waals surface area (Å²) in [5.74, 6) is 0.106. The molecule has 106 valence electrons. The minimum atomic E-state index is 0.106. The van der Waals surface area contributed by atoms with Gasteiger partial charge in [-0.3, -0.25) is 4.79 Å². The first-order valence-corrected chi connectivity index (χ1v) is 6.91. The number of hydrogen-bond donors (Lipinski definition) is 0. The van der Waals surface area contributed by atoms with Gasteiger partial charge in [0.2, 0.25) is 0 Å². The van der Waals surface area contributed by atoms with Crippen LogP contribution in [0, 0.1) is 0 Å². The fourth-order valence-electron chi connectivity index (χ4n) is 2.27. The lowest BCUT2D eigenvalue weighted by molar-refractivity contribution is -0.128. The maximum absolute atomic E-state index is 12.4. The number of amides is 1. The number of likely N-dealkylation sites (N-methyl/N-ethyl adjacent to an activating group) is 1. The molecule has 19 heavy (non-hydrogen) atoms. The Hall–Kier alpha value is -1.35. The largest absolute Gasteiger partial charge is 0.339 e. The van der Waals surface area contributed by atoms with Gasteiger partial charge in [-0.2, -0.15) is 0 Å². The molecule has 0 atom stereocenters. The van der Waals surface area contributed by atoms with Gasteiger partial charge in [0.25, 0.3) is 5.91 Å². The van der Waals surface area contributed by atoms with Gasteiger partial charge < -0.3 is 9.80 Å². The van der Waals surface area contributed by atoms with Crippen LogP contribution < -0.4 is 0 Å². The Morgan fingerprint density at radius 2 is 1.89 bits per heavy atom. The molecule has 1 fully saturated rings. The van der Waals surface area contributed by atoms with Crippen LogP contribution in [0.5, 0.6) is 0 Å². The average molecular weight is 262 g/mol. The zero-order valence-corrected chi connectivity index (χ0v) is 12.6. The number of rotatable bonds is 4. The lowest BCUT2D eigenvalue weighted by Gasteiger charge is -2.35. The third-order valence-electron chi connectivity index (χ3n) is 3.66. The number of nitrogens with zero attached hydrogens (tertiary/aromatic N) is 2. The molecule has 3 heteroatoms. The molecule has 1 aliphatic rings. The van der Waals surface area contributed by atoms with Gasteiger partial charge >= 0.3 is 0 Å². The van der Waals surface area contributed by atoms with Crippen molar-refractivity contribution in [3.05, 3.63) is 36.0 Å². The maximum Gasteiger partial charge on any atom is 0.253 e. The van der Waals surface area contributed by atoms with Crippen LogP contribution >= 0.6 is 0 Å². The first kappa shape index (κ1) is 15.7. The predicted octanol–water partition coefficient (Wildman–Crippen LogP) is 2.62.